The van der Waals surface area contributed by atoms with Gasteiger partial charge in [-0.1, -0.05) is 69.7 Å². The van der Waals surface area contributed by atoms with Crippen LogP contribution in [0.25, 0.3) is 11.3 Å². The van der Waals surface area contributed by atoms with Crippen molar-refractivity contribution in [3.63, 3.8) is 0 Å². The van der Waals surface area contributed by atoms with Crippen molar-refractivity contribution in [1.29, 1.82) is 0 Å². The number of halogens is 2. The Morgan fingerprint density at radius 1 is 0.957 bits per heavy atom. The van der Waals surface area contributed by atoms with E-state index in [4.69, 9.17) is 27.6 Å². The zero-order valence-electron chi connectivity index (χ0n) is 14.5. The lowest BCUT2D eigenvalue weighted by Gasteiger charge is -2.22. The molecule has 0 aliphatic heterocycles. The van der Waals surface area contributed by atoms with Crippen LogP contribution in [0.2, 0.25) is 10.0 Å². The predicted molar refractivity (Wildman–Crippen MR) is 101 cm³/mol. The third kappa shape index (κ3) is 4.33. The number of rotatable bonds is 7. The second-order valence-electron chi connectivity index (χ2n) is 6.89. The van der Waals surface area contributed by atoms with Crippen LogP contribution in [-0.4, -0.2) is 0 Å². The Kier molecular flexibility index (Phi) is 6.22. The highest BCUT2D eigenvalue weighted by molar-refractivity contribution is 6.36. The fraction of sp³-hybridized carbons (Fsp3) is 0.500. The molecule has 23 heavy (non-hydrogen) atoms. The lowest BCUT2D eigenvalue weighted by molar-refractivity contribution is 0.356. The van der Waals surface area contributed by atoms with Crippen LogP contribution in [0.3, 0.4) is 0 Å². The molecule has 1 aromatic heterocycles. The highest BCUT2D eigenvalue weighted by Gasteiger charge is 2.25. The van der Waals surface area contributed by atoms with E-state index < -0.39 is 0 Å². The molecule has 0 saturated heterocycles. The van der Waals surface area contributed by atoms with Crippen LogP contribution in [0.5, 0.6) is 0 Å². The Hall–Kier alpha value is -0.920. The van der Waals surface area contributed by atoms with Gasteiger partial charge in [-0.3, -0.25) is 0 Å². The highest BCUT2D eigenvalue weighted by atomic mass is 35.5. The molecule has 1 heterocycles. The average molecular weight is 353 g/mol. The third-order valence-corrected chi connectivity index (χ3v) is 5.25. The summed E-state index contributed by atoms with van der Waals surface area (Å²) in [6.07, 6.45) is 6.21. The smallest absolute Gasteiger partial charge is 0.136 e. The van der Waals surface area contributed by atoms with E-state index in [2.05, 4.69) is 26.8 Å². The van der Waals surface area contributed by atoms with Crippen LogP contribution in [0.15, 0.2) is 28.7 Å². The molecule has 3 heteroatoms. The second-order valence-corrected chi connectivity index (χ2v) is 7.70. The lowest BCUT2D eigenvalue weighted by atomic mass is 9.84. The highest BCUT2D eigenvalue weighted by Crippen LogP contribution is 2.39. The SMILES string of the molecule is CCCCCCC(C)(C)c1ccc(-c2c(Cl)ccc(Cl)c2C)o1. The van der Waals surface area contributed by atoms with Gasteiger partial charge in [0.25, 0.3) is 0 Å². The number of furan rings is 1. The molecule has 0 N–H and O–H groups in total. The van der Waals surface area contributed by atoms with E-state index in [9.17, 15) is 0 Å². The van der Waals surface area contributed by atoms with Crippen LogP contribution < -0.4 is 0 Å². The molecule has 0 unspecified atom stereocenters. The second kappa shape index (κ2) is 7.77. The van der Waals surface area contributed by atoms with Gasteiger partial charge < -0.3 is 4.42 Å². The standard InChI is InChI=1S/C20H26Cl2O/c1-5-6-7-8-13-20(3,4)18-12-11-17(23-18)19-14(2)15(21)9-10-16(19)22/h9-12H,5-8,13H2,1-4H3. The van der Waals surface area contributed by atoms with Crippen molar-refractivity contribution in [3.05, 3.63) is 45.6 Å². The molecule has 126 valence electrons. The summed E-state index contributed by atoms with van der Waals surface area (Å²) >= 11 is 12.6. The van der Waals surface area contributed by atoms with E-state index in [1.807, 2.05) is 25.1 Å². The number of unbranched alkanes of at least 4 members (excludes halogenated alkanes) is 3. The number of hydrogen-bond donors (Lipinski definition) is 0. The summed E-state index contributed by atoms with van der Waals surface area (Å²) in [5.41, 5.74) is 1.89. The molecule has 2 rings (SSSR count). The molecule has 0 atom stereocenters. The van der Waals surface area contributed by atoms with Crippen LogP contribution in [0, 0.1) is 6.92 Å². The summed E-state index contributed by atoms with van der Waals surface area (Å²) in [6.45, 7) is 8.70. The van der Waals surface area contributed by atoms with Crippen molar-refractivity contribution >= 4 is 23.2 Å². The molecule has 0 saturated carbocycles. The van der Waals surface area contributed by atoms with Crippen molar-refractivity contribution in [2.45, 2.75) is 65.2 Å². The fourth-order valence-corrected chi connectivity index (χ4v) is 3.36. The Morgan fingerprint density at radius 3 is 2.35 bits per heavy atom. The van der Waals surface area contributed by atoms with Crippen molar-refractivity contribution in [2.75, 3.05) is 0 Å². The first-order valence-corrected chi connectivity index (χ1v) is 9.17. The molecule has 0 aliphatic carbocycles. The predicted octanol–water partition coefficient (Wildman–Crippen LogP) is 7.81. The molecule has 0 aliphatic rings. The molecule has 0 bridgehead atoms. The van der Waals surface area contributed by atoms with Gasteiger partial charge in [-0.15, -0.1) is 0 Å². The van der Waals surface area contributed by atoms with Crippen molar-refractivity contribution in [3.8, 4) is 11.3 Å². The Bertz CT molecular complexity index is 656. The third-order valence-electron chi connectivity index (χ3n) is 4.52. The number of benzene rings is 1. The minimum Gasteiger partial charge on any atom is -0.460 e. The molecule has 1 aromatic carbocycles. The molecule has 2 aromatic rings. The van der Waals surface area contributed by atoms with E-state index in [-0.39, 0.29) is 5.41 Å². The molecule has 0 fully saturated rings. The van der Waals surface area contributed by atoms with Gasteiger partial charge in [0.15, 0.2) is 0 Å². The zero-order chi connectivity index (χ0) is 17.0. The summed E-state index contributed by atoms with van der Waals surface area (Å²) in [4.78, 5) is 0. The summed E-state index contributed by atoms with van der Waals surface area (Å²) in [7, 11) is 0. The van der Waals surface area contributed by atoms with Gasteiger partial charge in [0, 0.05) is 16.0 Å². The van der Waals surface area contributed by atoms with Gasteiger partial charge in [-0.25, -0.2) is 0 Å². The van der Waals surface area contributed by atoms with Crippen molar-refractivity contribution in [2.24, 2.45) is 0 Å². The Morgan fingerprint density at radius 2 is 1.65 bits per heavy atom. The quantitative estimate of drug-likeness (QED) is 0.463. The van der Waals surface area contributed by atoms with Gasteiger partial charge in [0.05, 0.1) is 5.02 Å². The van der Waals surface area contributed by atoms with Crippen LogP contribution in [0.4, 0.5) is 0 Å². The maximum Gasteiger partial charge on any atom is 0.136 e. The van der Waals surface area contributed by atoms with Crippen molar-refractivity contribution in [1.82, 2.24) is 0 Å². The topological polar surface area (TPSA) is 13.1 Å². The summed E-state index contributed by atoms with van der Waals surface area (Å²) < 4.78 is 6.17. The minimum atomic E-state index is 0.0327. The monoisotopic (exact) mass is 352 g/mol. The lowest BCUT2D eigenvalue weighted by Crippen LogP contribution is -2.15. The van der Waals surface area contributed by atoms with E-state index in [1.54, 1.807) is 0 Å². The van der Waals surface area contributed by atoms with Gasteiger partial charge in [-0.05, 0) is 43.2 Å². The van der Waals surface area contributed by atoms with Gasteiger partial charge in [0.1, 0.15) is 11.5 Å². The molecule has 0 amide bonds. The molecular formula is C20H26Cl2O. The Labute approximate surface area is 150 Å². The largest absolute Gasteiger partial charge is 0.460 e. The summed E-state index contributed by atoms with van der Waals surface area (Å²) in [6, 6.07) is 7.73. The maximum absolute atomic E-state index is 6.36. The van der Waals surface area contributed by atoms with E-state index in [0.717, 1.165) is 29.1 Å². The first kappa shape index (κ1) is 18.4. The van der Waals surface area contributed by atoms with Gasteiger partial charge in [-0.2, -0.15) is 0 Å². The Balaban J connectivity index is 2.22. The average Bonchev–Trinajstić information content (AvgIpc) is 2.98. The minimum absolute atomic E-state index is 0.0327. The molecule has 0 spiro atoms. The maximum atomic E-state index is 6.36. The molecule has 1 nitrogen and oxygen atoms in total. The normalized spacial score (nSPS) is 11.9. The summed E-state index contributed by atoms with van der Waals surface area (Å²) in [5, 5.41) is 1.38. The summed E-state index contributed by atoms with van der Waals surface area (Å²) in [5.74, 6) is 1.81. The van der Waals surface area contributed by atoms with E-state index in [1.165, 1.54) is 25.7 Å². The van der Waals surface area contributed by atoms with E-state index in [0.29, 0.717) is 10.0 Å². The van der Waals surface area contributed by atoms with Crippen LogP contribution >= 0.6 is 23.2 Å². The number of hydrogen-bond acceptors (Lipinski definition) is 1. The van der Waals surface area contributed by atoms with Gasteiger partial charge in [0.2, 0.25) is 0 Å². The zero-order valence-corrected chi connectivity index (χ0v) is 16.0. The van der Waals surface area contributed by atoms with Crippen LogP contribution in [-0.2, 0) is 5.41 Å². The van der Waals surface area contributed by atoms with Gasteiger partial charge >= 0.3 is 0 Å². The fourth-order valence-electron chi connectivity index (χ4n) is 2.91. The van der Waals surface area contributed by atoms with Crippen LogP contribution in [0.1, 0.15) is 64.2 Å². The molecular weight excluding hydrogens is 327 g/mol. The first-order valence-electron chi connectivity index (χ1n) is 8.42. The van der Waals surface area contributed by atoms with Crippen molar-refractivity contribution < 1.29 is 4.42 Å². The molecule has 0 radical (unpaired) electrons. The van der Waals surface area contributed by atoms with E-state index >= 15 is 0 Å². The first-order chi connectivity index (χ1) is 10.9.